The van der Waals surface area contributed by atoms with Gasteiger partial charge in [0.25, 0.3) is 0 Å². The maximum atomic E-state index is 12.1. The fraction of sp³-hybridized carbons (Fsp3) is 0.909. The van der Waals surface area contributed by atoms with E-state index in [4.69, 9.17) is 4.74 Å². The molecule has 16 heavy (non-hydrogen) atoms. The summed E-state index contributed by atoms with van der Waals surface area (Å²) in [5.41, 5.74) is 0. The standard InChI is InChI=1S/C11H20N2O2S/c1-12-10-7-15-4-3-13(11(10)14)6-9-2-5-16-8-9/h9-10,12H,2-8H2,1H3. The number of likely N-dealkylation sites (N-methyl/N-ethyl adjacent to an activating group) is 1. The zero-order valence-corrected chi connectivity index (χ0v) is 10.6. The third-order valence-electron chi connectivity index (χ3n) is 3.25. The predicted molar refractivity (Wildman–Crippen MR) is 65.7 cm³/mol. The second-order valence-corrected chi connectivity index (χ2v) is 5.58. The normalized spacial score (nSPS) is 31.8. The van der Waals surface area contributed by atoms with Crippen LogP contribution in [0.4, 0.5) is 0 Å². The molecule has 4 nitrogen and oxygen atoms in total. The van der Waals surface area contributed by atoms with Crippen LogP contribution in [0.25, 0.3) is 0 Å². The van der Waals surface area contributed by atoms with Crippen molar-refractivity contribution < 1.29 is 9.53 Å². The molecule has 2 atom stereocenters. The lowest BCUT2D eigenvalue weighted by Crippen LogP contribution is -2.47. The molecule has 0 bridgehead atoms. The number of hydrogen-bond donors (Lipinski definition) is 1. The van der Waals surface area contributed by atoms with Gasteiger partial charge in [-0.15, -0.1) is 0 Å². The summed E-state index contributed by atoms with van der Waals surface area (Å²) >= 11 is 2.00. The van der Waals surface area contributed by atoms with Crippen LogP contribution in [-0.2, 0) is 9.53 Å². The van der Waals surface area contributed by atoms with Crippen molar-refractivity contribution in [2.24, 2.45) is 5.92 Å². The molecule has 0 aromatic carbocycles. The summed E-state index contributed by atoms with van der Waals surface area (Å²) in [5, 5.41) is 3.03. The zero-order valence-electron chi connectivity index (χ0n) is 9.78. The highest BCUT2D eigenvalue weighted by Gasteiger charge is 2.28. The van der Waals surface area contributed by atoms with Gasteiger partial charge < -0.3 is 15.0 Å². The summed E-state index contributed by atoms with van der Waals surface area (Å²) < 4.78 is 5.43. The van der Waals surface area contributed by atoms with Crippen molar-refractivity contribution in [2.75, 3.05) is 44.9 Å². The quantitative estimate of drug-likeness (QED) is 0.769. The maximum absolute atomic E-state index is 12.1. The molecule has 2 fully saturated rings. The minimum Gasteiger partial charge on any atom is -0.377 e. The minimum atomic E-state index is -0.156. The monoisotopic (exact) mass is 244 g/mol. The number of hydrogen-bond acceptors (Lipinski definition) is 4. The SMILES string of the molecule is CNC1COCCN(CC2CCSC2)C1=O. The van der Waals surface area contributed by atoms with E-state index in [0.29, 0.717) is 19.1 Å². The fourth-order valence-electron chi connectivity index (χ4n) is 2.20. The summed E-state index contributed by atoms with van der Waals surface area (Å²) in [5.74, 6) is 3.34. The average molecular weight is 244 g/mol. The van der Waals surface area contributed by atoms with Gasteiger partial charge in [-0.25, -0.2) is 0 Å². The first-order valence-corrected chi connectivity index (χ1v) is 7.08. The average Bonchev–Trinajstić information content (AvgIpc) is 2.73. The van der Waals surface area contributed by atoms with E-state index in [9.17, 15) is 4.79 Å². The van der Waals surface area contributed by atoms with Crippen molar-refractivity contribution in [3.8, 4) is 0 Å². The second kappa shape index (κ2) is 5.89. The van der Waals surface area contributed by atoms with E-state index < -0.39 is 0 Å². The van der Waals surface area contributed by atoms with Crippen LogP contribution in [0.3, 0.4) is 0 Å². The second-order valence-electron chi connectivity index (χ2n) is 4.43. The third-order valence-corrected chi connectivity index (χ3v) is 4.48. The molecule has 5 heteroatoms. The van der Waals surface area contributed by atoms with Gasteiger partial charge in [-0.2, -0.15) is 11.8 Å². The summed E-state index contributed by atoms with van der Waals surface area (Å²) in [6, 6.07) is -0.156. The smallest absolute Gasteiger partial charge is 0.242 e. The number of rotatable bonds is 3. The Hall–Kier alpha value is -0.260. The summed E-state index contributed by atoms with van der Waals surface area (Å²) in [6.45, 7) is 2.83. The Labute approximate surface area is 101 Å². The Morgan fingerprint density at radius 2 is 2.50 bits per heavy atom. The lowest BCUT2D eigenvalue weighted by atomic mass is 10.1. The van der Waals surface area contributed by atoms with E-state index in [0.717, 1.165) is 13.1 Å². The Kier molecular flexibility index (Phi) is 4.49. The van der Waals surface area contributed by atoms with E-state index in [1.807, 2.05) is 23.7 Å². The molecule has 2 rings (SSSR count). The Morgan fingerprint density at radius 1 is 1.62 bits per heavy atom. The van der Waals surface area contributed by atoms with Gasteiger partial charge in [-0.3, -0.25) is 4.79 Å². The molecule has 0 aliphatic carbocycles. The van der Waals surface area contributed by atoms with Gasteiger partial charge in [0.2, 0.25) is 5.91 Å². The van der Waals surface area contributed by atoms with Crippen molar-refractivity contribution in [1.29, 1.82) is 0 Å². The van der Waals surface area contributed by atoms with Gasteiger partial charge in [-0.1, -0.05) is 0 Å². The highest BCUT2D eigenvalue weighted by atomic mass is 32.2. The molecule has 2 aliphatic rings. The molecule has 0 spiro atoms. The number of nitrogens with zero attached hydrogens (tertiary/aromatic N) is 1. The van der Waals surface area contributed by atoms with Gasteiger partial charge in [0.1, 0.15) is 6.04 Å². The number of ether oxygens (including phenoxy) is 1. The molecular weight excluding hydrogens is 224 g/mol. The number of nitrogens with one attached hydrogen (secondary N) is 1. The van der Waals surface area contributed by atoms with E-state index in [1.54, 1.807) is 0 Å². The summed E-state index contributed by atoms with van der Waals surface area (Å²) in [4.78, 5) is 14.1. The zero-order chi connectivity index (χ0) is 11.4. The Morgan fingerprint density at radius 3 is 3.19 bits per heavy atom. The fourth-order valence-corrected chi connectivity index (χ4v) is 3.48. The van der Waals surface area contributed by atoms with E-state index >= 15 is 0 Å². The van der Waals surface area contributed by atoms with Gasteiger partial charge in [0.05, 0.1) is 13.2 Å². The largest absolute Gasteiger partial charge is 0.377 e. The van der Waals surface area contributed by atoms with Gasteiger partial charge in [0, 0.05) is 13.1 Å². The van der Waals surface area contributed by atoms with Crippen LogP contribution in [0, 0.1) is 5.92 Å². The first-order chi connectivity index (χ1) is 7.81. The van der Waals surface area contributed by atoms with Crippen molar-refractivity contribution >= 4 is 17.7 Å². The van der Waals surface area contributed by atoms with Crippen LogP contribution < -0.4 is 5.32 Å². The topological polar surface area (TPSA) is 41.6 Å². The van der Waals surface area contributed by atoms with Gasteiger partial charge in [-0.05, 0) is 30.9 Å². The van der Waals surface area contributed by atoms with Gasteiger partial charge >= 0.3 is 0 Å². The molecule has 0 aromatic heterocycles. The molecule has 92 valence electrons. The third kappa shape index (κ3) is 2.90. The number of carbonyl (C=O) groups excluding carboxylic acids is 1. The molecule has 0 aromatic rings. The summed E-state index contributed by atoms with van der Waals surface area (Å²) in [6.07, 6.45) is 1.25. The first-order valence-electron chi connectivity index (χ1n) is 5.93. The minimum absolute atomic E-state index is 0.156. The molecular formula is C11H20N2O2S. The molecule has 1 N–H and O–H groups in total. The lowest BCUT2D eigenvalue weighted by molar-refractivity contribution is -0.133. The number of thioether (sulfide) groups is 1. The van der Waals surface area contributed by atoms with Crippen molar-refractivity contribution in [3.63, 3.8) is 0 Å². The van der Waals surface area contributed by atoms with Crippen LogP contribution in [0.2, 0.25) is 0 Å². The number of carbonyl (C=O) groups is 1. The molecule has 0 radical (unpaired) electrons. The first kappa shape index (κ1) is 12.2. The molecule has 2 unspecified atom stereocenters. The van der Waals surface area contributed by atoms with Crippen LogP contribution in [0.15, 0.2) is 0 Å². The predicted octanol–water partition coefficient (Wildman–Crippen LogP) is 0.186. The highest BCUT2D eigenvalue weighted by molar-refractivity contribution is 7.99. The van der Waals surface area contributed by atoms with Crippen molar-refractivity contribution in [1.82, 2.24) is 10.2 Å². The highest BCUT2D eigenvalue weighted by Crippen LogP contribution is 2.24. The van der Waals surface area contributed by atoms with Crippen LogP contribution in [0.1, 0.15) is 6.42 Å². The van der Waals surface area contributed by atoms with Crippen molar-refractivity contribution in [3.05, 3.63) is 0 Å². The van der Waals surface area contributed by atoms with E-state index in [-0.39, 0.29) is 11.9 Å². The van der Waals surface area contributed by atoms with Crippen LogP contribution in [0.5, 0.6) is 0 Å². The Balaban J connectivity index is 1.92. The van der Waals surface area contributed by atoms with E-state index in [1.165, 1.54) is 17.9 Å². The van der Waals surface area contributed by atoms with Crippen LogP contribution >= 0.6 is 11.8 Å². The Bertz CT molecular complexity index is 244. The molecule has 2 saturated heterocycles. The summed E-state index contributed by atoms with van der Waals surface area (Å²) in [7, 11) is 1.82. The molecule has 2 aliphatic heterocycles. The lowest BCUT2D eigenvalue weighted by Gasteiger charge is -2.25. The van der Waals surface area contributed by atoms with Gasteiger partial charge in [0.15, 0.2) is 0 Å². The number of amides is 1. The molecule has 2 heterocycles. The maximum Gasteiger partial charge on any atom is 0.242 e. The molecule has 1 amide bonds. The van der Waals surface area contributed by atoms with E-state index in [2.05, 4.69) is 5.32 Å². The van der Waals surface area contributed by atoms with Crippen LogP contribution in [-0.4, -0.2) is 61.7 Å². The molecule has 0 saturated carbocycles. The van der Waals surface area contributed by atoms with Crippen molar-refractivity contribution in [2.45, 2.75) is 12.5 Å².